The van der Waals surface area contributed by atoms with Crippen LogP contribution in [0.4, 0.5) is 5.69 Å². The van der Waals surface area contributed by atoms with E-state index in [1.807, 2.05) is 61.5 Å². The second kappa shape index (κ2) is 7.79. The molecule has 0 aliphatic heterocycles. The number of ether oxygens (including phenoxy) is 1. The van der Waals surface area contributed by atoms with Crippen molar-refractivity contribution in [1.82, 2.24) is 0 Å². The molecular formula is C19H24N2O2. The van der Waals surface area contributed by atoms with E-state index < -0.39 is 5.54 Å². The van der Waals surface area contributed by atoms with Gasteiger partial charge in [-0.05, 0) is 43.2 Å². The summed E-state index contributed by atoms with van der Waals surface area (Å²) in [6.45, 7) is 4.26. The highest BCUT2D eigenvalue weighted by molar-refractivity contribution is 5.97. The van der Waals surface area contributed by atoms with Crippen LogP contribution < -0.4 is 15.8 Å². The lowest BCUT2D eigenvalue weighted by atomic mass is 9.96. The third kappa shape index (κ3) is 5.11. The highest BCUT2D eigenvalue weighted by Crippen LogP contribution is 2.16. The summed E-state index contributed by atoms with van der Waals surface area (Å²) in [6, 6.07) is 17.3. The minimum atomic E-state index is -0.843. The molecule has 0 aromatic heterocycles. The molecule has 3 N–H and O–H groups in total. The number of nitrogens with two attached hydrogens (primary N) is 1. The maximum Gasteiger partial charge on any atom is 0.244 e. The van der Waals surface area contributed by atoms with Gasteiger partial charge in [0.2, 0.25) is 5.91 Å². The lowest BCUT2D eigenvalue weighted by Crippen LogP contribution is -2.48. The molecule has 2 aromatic rings. The number of hydrogen-bond donors (Lipinski definition) is 2. The Morgan fingerprint density at radius 3 is 2.39 bits per heavy atom. The van der Waals surface area contributed by atoms with Gasteiger partial charge in [0.1, 0.15) is 12.4 Å². The number of hydrogen-bond acceptors (Lipinski definition) is 3. The maximum atomic E-state index is 12.2. The van der Waals surface area contributed by atoms with E-state index in [1.165, 1.54) is 0 Å². The summed E-state index contributed by atoms with van der Waals surface area (Å²) in [5.41, 5.74) is 6.96. The van der Waals surface area contributed by atoms with Crippen molar-refractivity contribution >= 4 is 11.6 Å². The van der Waals surface area contributed by atoms with Crippen LogP contribution in [0.15, 0.2) is 54.6 Å². The summed E-state index contributed by atoms with van der Waals surface area (Å²) in [5.74, 6) is 0.677. The molecule has 1 atom stereocenters. The maximum absolute atomic E-state index is 12.2. The van der Waals surface area contributed by atoms with Gasteiger partial charge in [0.05, 0.1) is 5.54 Å². The Balaban J connectivity index is 1.90. The van der Waals surface area contributed by atoms with Crippen LogP contribution in [0.3, 0.4) is 0 Å². The molecule has 0 aliphatic rings. The molecule has 23 heavy (non-hydrogen) atoms. The van der Waals surface area contributed by atoms with Crippen LogP contribution in [0, 0.1) is 0 Å². The molecule has 4 heteroatoms. The smallest absolute Gasteiger partial charge is 0.244 e. The molecule has 0 saturated carbocycles. The molecule has 0 bridgehead atoms. The molecule has 0 spiro atoms. The number of nitrogens with one attached hydrogen (secondary N) is 1. The standard InChI is InChI=1S/C19H24N2O2/c1-3-13-19(2,20)18(22)21-16-11-9-15(10-12-16)14-23-17-7-5-4-6-8-17/h4-12H,3,13-14,20H2,1-2H3,(H,21,22). The van der Waals surface area contributed by atoms with Gasteiger partial charge in [-0.3, -0.25) is 4.79 Å². The van der Waals surface area contributed by atoms with Crippen molar-refractivity contribution in [3.63, 3.8) is 0 Å². The number of rotatable bonds is 7. The number of carbonyl (C=O) groups is 1. The van der Waals surface area contributed by atoms with E-state index in [1.54, 1.807) is 6.92 Å². The van der Waals surface area contributed by atoms with Crippen molar-refractivity contribution in [2.24, 2.45) is 5.73 Å². The van der Waals surface area contributed by atoms with Gasteiger partial charge in [-0.2, -0.15) is 0 Å². The number of benzene rings is 2. The van der Waals surface area contributed by atoms with Crippen molar-refractivity contribution < 1.29 is 9.53 Å². The molecule has 2 rings (SSSR count). The summed E-state index contributed by atoms with van der Waals surface area (Å²) >= 11 is 0. The molecule has 1 unspecified atom stereocenters. The fourth-order valence-corrected chi connectivity index (χ4v) is 2.27. The highest BCUT2D eigenvalue weighted by Gasteiger charge is 2.26. The minimum absolute atomic E-state index is 0.160. The average Bonchev–Trinajstić information content (AvgIpc) is 2.55. The van der Waals surface area contributed by atoms with Gasteiger partial charge < -0.3 is 15.8 Å². The van der Waals surface area contributed by atoms with Crippen LogP contribution in [0.5, 0.6) is 5.75 Å². The van der Waals surface area contributed by atoms with Crippen LogP contribution in [-0.2, 0) is 11.4 Å². The van der Waals surface area contributed by atoms with Gasteiger partial charge in [-0.15, -0.1) is 0 Å². The van der Waals surface area contributed by atoms with E-state index in [-0.39, 0.29) is 5.91 Å². The topological polar surface area (TPSA) is 64.4 Å². The fraction of sp³-hybridized carbons (Fsp3) is 0.316. The third-order valence-corrected chi connectivity index (χ3v) is 3.65. The first-order chi connectivity index (χ1) is 11.0. The minimum Gasteiger partial charge on any atom is -0.489 e. The third-order valence-electron chi connectivity index (χ3n) is 3.65. The van der Waals surface area contributed by atoms with Gasteiger partial charge >= 0.3 is 0 Å². The monoisotopic (exact) mass is 312 g/mol. The van der Waals surface area contributed by atoms with E-state index in [2.05, 4.69) is 5.32 Å². The zero-order valence-electron chi connectivity index (χ0n) is 13.7. The number of para-hydroxylation sites is 1. The van der Waals surface area contributed by atoms with Gasteiger partial charge in [0, 0.05) is 5.69 Å². The molecule has 0 aliphatic carbocycles. The van der Waals surface area contributed by atoms with E-state index in [0.29, 0.717) is 13.0 Å². The Labute approximate surface area is 137 Å². The summed E-state index contributed by atoms with van der Waals surface area (Å²) in [7, 11) is 0. The Kier molecular flexibility index (Phi) is 5.77. The number of anilines is 1. The van der Waals surface area contributed by atoms with E-state index in [0.717, 1.165) is 23.4 Å². The Bertz CT molecular complexity index is 622. The van der Waals surface area contributed by atoms with Crippen LogP contribution >= 0.6 is 0 Å². The molecule has 1 amide bonds. The first-order valence-electron chi connectivity index (χ1n) is 7.88. The van der Waals surface area contributed by atoms with Crippen molar-refractivity contribution in [2.75, 3.05) is 5.32 Å². The lowest BCUT2D eigenvalue weighted by Gasteiger charge is -2.22. The molecular weight excluding hydrogens is 288 g/mol. The average molecular weight is 312 g/mol. The first-order valence-corrected chi connectivity index (χ1v) is 7.88. The van der Waals surface area contributed by atoms with Gasteiger partial charge in [0.25, 0.3) is 0 Å². The van der Waals surface area contributed by atoms with Crippen LogP contribution in [-0.4, -0.2) is 11.4 Å². The summed E-state index contributed by atoms with van der Waals surface area (Å²) in [6.07, 6.45) is 1.53. The van der Waals surface area contributed by atoms with Crippen molar-refractivity contribution in [3.05, 3.63) is 60.2 Å². The summed E-state index contributed by atoms with van der Waals surface area (Å²) < 4.78 is 5.69. The Hall–Kier alpha value is -2.33. The van der Waals surface area contributed by atoms with E-state index in [4.69, 9.17) is 10.5 Å². The Morgan fingerprint density at radius 1 is 1.13 bits per heavy atom. The molecule has 2 aromatic carbocycles. The van der Waals surface area contributed by atoms with Crippen molar-refractivity contribution in [3.8, 4) is 5.75 Å². The predicted octanol–water partition coefficient (Wildman–Crippen LogP) is 3.72. The zero-order chi connectivity index (χ0) is 16.7. The molecule has 0 fully saturated rings. The number of amides is 1. The van der Waals surface area contributed by atoms with Crippen molar-refractivity contribution in [1.29, 1.82) is 0 Å². The molecule has 0 radical (unpaired) electrons. The van der Waals surface area contributed by atoms with E-state index in [9.17, 15) is 4.79 Å². The predicted molar refractivity (Wildman–Crippen MR) is 93.3 cm³/mol. The van der Waals surface area contributed by atoms with E-state index >= 15 is 0 Å². The summed E-state index contributed by atoms with van der Waals surface area (Å²) in [4.78, 5) is 12.2. The van der Waals surface area contributed by atoms with Crippen LogP contribution in [0.25, 0.3) is 0 Å². The highest BCUT2D eigenvalue weighted by atomic mass is 16.5. The number of carbonyl (C=O) groups excluding carboxylic acids is 1. The van der Waals surface area contributed by atoms with Crippen LogP contribution in [0.1, 0.15) is 32.3 Å². The molecule has 0 saturated heterocycles. The Morgan fingerprint density at radius 2 is 1.78 bits per heavy atom. The SMILES string of the molecule is CCCC(C)(N)C(=O)Nc1ccc(COc2ccccc2)cc1. The molecule has 122 valence electrons. The molecule has 0 heterocycles. The van der Waals surface area contributed by atoms with Gasteiger partial charge in [-0.25, -0.2) is 0 Å². The first kappa shape index (κ1) is 17.0. The quantitative estimate of drug-likeness (QED) is 0.819. The summed E-state index contributed by atoms with van der Waals surface area (Å²) in [5, 5.41) is 2.86. The second-order valence-electron chi connectivity index (χ2n) is 5.92. The normalized spacial score (nSPS) is 13.2. The van der Waals surface area contributed by atoms with Crippen LogP contribution in [0.2, 0.25) is 0 Å². The van der Waals surface area contributed by atoms with Gasteiger partial charge in [0.15, 0.2) is 0 Å². The fourth-order valence-electron chi connectivity index (χ4n) is 2.27. The zero-order valence-corrected chi connectivity index (χ0v) is 13.7. The second-order valence-corrected chi connectivity index (χ2v) is 5.92. The van der Waals surface area contributed by atoms with Crippen molar-refractivity contribution in [2.45, 2.75) is 38.8 Å². The lowest BCUT2D eigenvalue weighted by molar-refractivity contribution is -0.120. The largest absolute Gasteiger partial charge is 0.489 e. The molecule has 4 nitrogen and oxygen atoms in total. The van der Waals surface area contributed by atoms with Gasteiger partial charge in [-0.1, -0.05) is 43.7 Å².